The molecule has 0 radical (unpaired) electrons. The minimum absolute atomic E-state index is 0.0896. The zero-order valence-electron chi connectivity index (χ0n) is 15.3. The van der Waals surface area contributed by atoms with Crippen LogP contribution in [0.5, 0.6) is 0 Å². The highest BCUT2D eigenvalue weighted by Crippen LogP contribution is 2.38. The summed E-state index contributed by atoms with van der Waals surface area (Å²) < 4.78 is 0. The molecule has 5 nitrogen and oxygen atoms in total. The molecule has 3 rings (SSSR count). The van der Waals surface area contributed by atoms with Gasteiger partial charge in [0, 0.05) is 38.6 Å². The number of carbonyl (C=O) groups is 2. The normalized spacial score (nSPS) is 25.5. The highest BCUT2D eigenvalue weighted by molar-refractivity contribution is 5.81. The molecule has 3 fully saturated rings. The Hall–Kier alpha value is -1.10. The van der Waals surface area contributed by atoms with Gasteiger partial charge < -0.3 is 10.2 Å². The van der Waals surface area contributed by atoms with Crippen molar-refractivity contribution in [1.82, 2.24) is 15.1 Å². The molecule has 2 amide bonds. The van der Waals surface area contributed by atoms with Gasteiger partial charge in [0.05, 0.1) is 6.04 Å². The van der Waals surface area contributed by atoms with Gasteiger partial charge in [-0.1, -0.05) is 19.8 Å². The highest BCUT2D eigenvalue weighted by atomic mass is 16.2. The quantitative estimate of drug-likeness (QED) is 0.808. The smallest absolute Gasteiger partial charge is 0.237 e. The standard InChI is InChI=1S/C19H33N3O2/c1-14(16-7-8-16)13-18(23)22-11-9-21(10-12-22)15(2)19(24)20-17-5-3-4-6-17/h14-17H,3-13H2,1-2H3,(H,20,24)/t14-,15+/m1/s1. The third-order valence-electron chi connectivity index (χ3n) is 6.22. The van der Waals surface area contributed by atoms with E-state index in [0.717, 1.165) is 44.9 Å². The monoisotopic (exact) mass is 335 g/mol. The second-order valence-corrected chi connectivity index (χ2v) is 8.10. The maximum Gasteiger partial charge on any atom is 0.237 e. The van der Waals surface area contributed by atoms with Gasteiger partial charge >= 0.3 is 0 Å². The molecule has 0 aromatic rings. The number of rotatable bonds is 6. The SMILES string of the molecule is C[C@H](CC(=O)N1CCN([C@@H](C)C(=O)NC2CCCC2)CC1)C1CC1. The predicted octanol–water partition coefficient (Wildman–Crippen LogP) is 2.01. The molecular weight excluding hydrogens is 302 g/mol. The van der Waals surface area contributed by atoms with E-state index in [-0.39, 0.29) is 11.9 Å². The molecule has 136 valence electrons. The summed E-state index contributed by atoms with van der Waals surface area (Å²) in [5.74, 6) is 1.78. The number of nitrogens with one attached hydrogen (secondary N) is 1. The van der Waals surface area contributed by atoms with Crippen molar-refractivity contribution in [2.75, 3.05) is 26.2 Å². The fourth-order valence-electron chi connectivity index (χ4n) is 4.15. The zero-order valence-corrected chi connectivity index (χ0v) is 15.3. The molecule has 5 heteroatoms. The highest BCUT2D eigenvalue weighted by Gasteiger charge is 2.32. The van der Waals surface area contributed by atoms with E-state index in [1.165, 1.54) is 25.7 Å². The van der Waals surface area contributed by atoms with Crippen LogP contribution in [0.25, 0.3) is 0 Å². The Labute approximate surface area is 146 Å². The van der Waals surface area contributed by atoms with Crippen molar-refractivity contribution in [3.05, 3.63) is 0 Å². The molecule has 2 atom stereocenters. The van der Waals surface area contributed by atoms with Crippen LogP contribution >= 0.6 is 0 Å². The van der Waals surface area contributed by atoms with E-state index in [4.69, 9.17) is 0 Å². The summed E-state index contributed by atoms with van der Waals surface area (Å²) in [6, 6.07) is 0.292. The van der Waals surface area contributed by atoms with E-state index >= 15 is 0 Å². The lowest BCUT2D eigenvalue weighted by Crippen LogP contribution is -2.55. The van der Waals surface area contributed by atoms with E-state index in [0.29, 0.717) is 24.3 Å². The van der Waals surface area contributed by atoms with Gasteiger partial charge in [0.2, 0.25) is 11.8 Å². The van der Waals surface area contributed by atoms with Crippen LogP contribution < -0.4 is 5.32 Å². The van der Waals surface area contributed by atoms with Gasteiger partial charge in [-0.3, -0.25) is 14.5 Å². The van der Waals surface area contributed by atoms with Crippen molar-refractivity contribution < 1.29 is 9.59 Å². The van der Waals surface area contributed by atoms with Gasteiger partial charge in [0.1, 0.15) is 0 Å². The van der Waals surface area contributed by atoms with E-state index < -0.39 is 0 Å². The Morgan fingerprint density at radius 2 is 1.62 bits per heavy atom. The Morgan fingerprint density at radius 1 is 1.00 bits per heavy atom. The molecule has 1 aliphatic heterocycles. The third-order valence-corrected chi connectivity index (χ3v) is 6.22. The van der Waals surface area contributed by atoms with Crippen LogP contribution in [-0.2, 0) is 9.59 Å². The van der Waals surface area contributed by atoms with Crippen molar-refractivity contribution in [3.63, 3.8) is 0 Å². The van der Waals surface area contributed by atoms with Crippen molar-refractivity contribution in [3.8, 4) is 0 Å². The summed E-state index contributed by atoms with van der Waals surface area (Å²) in [4.78, 5) is 29.0. The number of hydrogen-bond acceptors (Lipinski definition) is 3. The summed E-state index contributed by atoms with van der Waals surface area (Å²) in [6.45, 7) is 7.35. The molecule has 24 heavy (non-hydrogen) atoms. The topological polar surface area (TPSA) is 52.7 Å². The van der Waals surface area contributed by atoms with Crippen LogP contribution in [0.2, 0.25) is 0 Å². The molecule has 2 saturated carbocycles. The molecule has 0 spiro atoms. The lowest BCUT2D eigenvalue weighted by Gasteiger charge is -2.38. The van der Waals surface area contributed by atoms with Crippen molar-refractivity contribution in [2.45, 2.75) is 70.9 Å². The Balaban J connectivity index is 1.40. The van der Waals surface area contributed by atoms with Crippen LogP contribution in [0.3, 0.4) is 0 Å². The summed E-state index contributed by atoms with van der Waals surface area (Å²) in [5, 5.41) is 3.19. The maximum atomic E-state index is 12.4. The summed E-state index contributed by atoms with van der Waals surface area (Å²) in [5.41, 5.74) is 0. The summed E-state index contributed by atoms with van der Waals surface area (Å²) >= 11 is 0. The Morgan fingerprint density at radius 3 is 2.21 bits per heavy atom. The van der Waals surface area contributed by atoms with E-state index in [1.54, 1.807) is 0 Å². The minimum Gasteiger partial charge on any atom is -0.352 e. The molecule has 1 saturated heterocycles. The van der Waals surface area contributed by atoms with Crippen molar-refractivity contribution >= 4 is 11.8 Å². The number of nitrogens with zero attached hydrogens (tertiary/aromatic N) is 2. The number of piperazine rings is 1. The summed E-state index contributed by atoms with van der Waals surface area (Å²) in [7, 11) is 0. The van der Waals surface area contributed by atoms with Gasteiger partial charge in [-0.05, 0) is 44.4 Å². The fraction of sp³-hybridized carbons (Fsp3) is 0.895. The van der Waals surface area contributed by atoms with Crippen molar-refractivity contribution in [2.24, 2.45) is 11.8 Å². The first kappa shape index (κ1) is 17.7. The van der Waals surface area contributed by atoms with E-state index in [2.05, 4.69) is 17.1 Å². The molecule has 0 aromatic carbocycles. The van der Waals surface area contributed by atoms with Gasteiger partial charge in [-0.2, -0.15) is 0 Å². The number of hydrogen-bond donors (Lipinski definition) is 1. The Bertz CT molecular complexity index is 450. The fourth-order valence-corrected chi connectivity index (χ4v) is 4.15. The molecule has 1 heterocycles. The average molecular weight is 335 g/mol. The molecule has 2 aliphatic carbocycles. The predicted molar refractivity (Wildman–Crippen MR) is 94.5 cm³/mol. The number of carbonyl (C=O) groups excluding carboxylic acids is 2. The second kappa shape index (κ2) is 7.85. The van der Waals surface area contributed by atoms with Gasteiger partial charge in [-0.15, -0.1) is 0 Å². The minimum atomic E-state index is -0.0896. The maximum absolute atomic E-state index is 12.4. The van der Waals surface area contributed by atoms with Crippen LogP contribution in [0.4, 0.5) is 0 Å². The summed E-state index contributed by atoms with van der Waals surface area (Å²) in [6.07, 6.45) is 8.02. The molecular formula is C19H33N3O2. The lowest BCUT2D eigenvalue weighted by molar-refractivity contribution is -0.135. The van der Waals surface area contributed by atoms with Crippen LogP contribution in [0.15, 0.2) is 0 Å². The molecule has 0 bridgehead atoms. The van der Waals surface area contributed by atoms with Gasteiger partial charge in [-0.25, -0.2) is 0 Å². The molecule has 0 unspecified atom stereocenters. The van der Waals surface area contributed by atoms with Gasteiger partial charge in [0.15, 0.2) is 0 Å². The first-order valence-corrected chi connectivity index (χ1v) is 9.87. The van der Waals surface area contributed by atoms with Gasteiger partial charge in [0.25, 0.3) is 0 Å². The van der Waals surface area contributed by atoms with E-state index in [9.17, 15) is 9.59 Å². The van der Waals surface area contributed by atoms with Crippen LogP contribution in [-0.4, -0.2) is 59.9 Å². The van der Waals surface area contributed by atoms with Crippen LogP contribution in [0.1, 0.15) is 58.8 Å². The van der Waals surface area contributed by atoms with E-state index in [1.807, 2.05) is 11.8 Å². The first-order valence-electron chi connectivity index (χ1n) is 9.87. The average Bonchev–Trinajstić information content (AvgIpc) is 3.32. The second-order valence-electron chi connectivity index (χ2n) is 8.10. The largest absolute Gasteiger partial charge is 0.352 e. The first-order chi connectivity index (χ1) is 11.5. The zero-order chi connectivity index (χ0) is 17.1. The number of amides is 2. The molecule has 1 N–H and O–H groups in total. The molecule has 3 aliphatic rings. The van der Waals surface area contributed by atoms with Crippen molar-refractivity contribution in [1.29, 1.82) is 0 Å². The molecule has 0 aromatic heterocycles. The lowest BCUT2D eigenvalue weighted by atomic mass is 10.0. The third kappa shape index (κ3) is 4.50. The van der Waals surface area contributed by atoms with Crippen LogP contribution in [0, 0.1) is 11.8 Å². The Kier molecular flexibility index (Phi) is 5.80.